The normalized spacial score (nSPS) is 18.3. The Morgan fingerprint density at radius 1 is 0.959 bits per heavy atom. The maximum atomic E-state index is 6.38. The minimum atomic E-state index is 0.229. The van der Waals surface area contributed by atoms with Crippen LogP contribution in [-0.4, -0.2) is 97.9 Å². The van der Waals surface area contributed by atoms with E-state index in [2.05, 4.69) is 93.0 Å². The van der Waals surface area contributed by atoms with E-state index in [1.165, 1.54) is 34.0 Å². The Labute approximate surface area is 290 Å². The van der Waals surface area contributed by atoms with E-state index >= 15 is 0 Å². The van der Waals surface area contributed by atoms with E-state index in [1.54, 1.807) is 0 Å². The summed E-state index contributed by atoms with van der Waals surface area (Å²) >= 11 is 0. The number of likely N-dealkylation sites (N-methyl/N-ethyl adjacent to an activating group) is 1. The number of fused-ring (bicyclic) bond motifs is 2. The van der Waals surface area contributed by atoms with Crippen LogP contribution in [0.4, 0.5) is 17.3 Å². The van der Waals surface area contributed by atoms with E-state index in [-0.39, 0.29) is 6.04 Å². The summed E-state index contributed by atoms with van der Waals surface area (Å²) in [6.07, 6.45) is 7.94. The van der Waals surface area contributed by atoms with Gasteiger partial charge in [-0.15, -0.1) is 0 Å². The smallest absolute Gasteiger partial charge is 0.318 e. The van der Waals surface area contributed by atoms with E-state index in [9.17, 15) is 0 Å². The van der Waals surface area contributed by atoms with Crippen LogP contribution >= 0.6 is 0 Å². The van der Waals surface area contributed by atoms with Crippen LogP contribution in [0.15, 0.2) is 70.8 Å². The molecular weight excluding hydrogens is 610 g/mol. The van der Waals surface area contributed by atoms with Gasteiger partial charge in [0.2, 0.25) is 0 Å². The van der Waals surface area contributed by atoms with Crippen molar-refractivity contribution in [1.82, 2.24) is 19.9 Å². The molecule has 2 aromatic carbocycles. The number of hydrogen-bond donors (Lipinski definition) is 0. The van der Waals surface area contributed by atoms with Crippen LogP contribution in [0.5, 0.6) is 6.01 Å². The third kappa shape index (κ3) is 7.71. The number of aryl methyl sites for hydroxylation is 1. The van der Waals surface area contributed by atoms with Crippen LogP contribution in [-0.2, 0) is 13.0 Å². The number of rotatable bonds is 11. The van der Waals surface area contributed by atoms with Crippen molar-refractivity contribution >= 4 is 34.1 Å². The summed E-state index contributed by atoms with van der Waals surface area (Å²) in [5.41, 5.74) is 4.92. The van der Waals surface area contributed by atoms with Gasteiger partial charge in [-0.25, -0.2) is 15.0 Å². The molecule has 0 saturated carbocycles. The molecule has 2 saturated heterocycles. The summed E-state index contributed by atoms with van der Waals surface area (Å²) in [6, 6.07) is 23.3. The molecule has 7 rings (SSSR count). The molecule has 256 valence electrons. The van der Waals surface area contributed by atoms with Crippen molar-refractivity contribution in [2.45, 2.75) is 64.1 Å². The van der Waals surface area contributed by atoms with Crippen LogP contribution in [0.3, 0.4) is 0 Å². The van der Waals surface area contributed by atoms with E-state index in [0.717, 1.165) is 88.7 Å². The minimum Gasteiger partial charge on any atom is -0.462 e. The van der Waals surface area contributed by atoms with Crippen molar-refractivity contribution in [2.75, 3.05) is 74.7 Å². The summed E-state index contributed by atoms with van der Waals surface area (Å²) in [6.45, 7) is 9.01. The molecule has 5 heterocycles. The first-order valence-electron chi connectivity index (χ1n) is 18.0. The molecule has 3 aliphatic rings. The molecule has 49 heavy (non-hydrogen) atoms. The highest BCUT2D eigenvalue weighted by atomic mass is 16.5. The molecule has 0 amide bonds. The fourth-order valence-corrected chi connectivity index (χ4v) is 7.51. The topological polar surface area (TPSA) is 85.6 Å². The zero-order valence-electron chi connectivity index (χ0n) is 29.3. The van der Waals surface area contributed by atoms with Gasteiger partial charge in [0.25, 0.3) is 0 Å². The molecule has 1 atom stereocenters. The number of piperidine rings is 1. The summed E-state index contributed by atoms with van der Waals surface area (Å²) in [5, 5.41) is 2.60. The third-order valence-corrected chi connectivity index (χ3v) is 10.4. The van der Waals surface area contributed by atoms with Crippen molar-refractivity contribution in [1.29, 1.82) is 0 Å². The van der Waals surface area contributed by atoms with Crippen molar-refractivity contribution in [3.8, 4) is 6.01 Å². The van der Waals surface area contributed by atoms with Crippen molar-refractivity contribution < 1.29 is 4.74 Å². The highest BCUT2D eigenvalue weighted by Gasteiger charge is 2.29. The Bertz CT molecular complexity index is 1780. The SMILES string of the molecule is Cc1cccc2cccc(N3CCc4c(nc(OCC5CCCN5C)nc4N4CCC(N=C=NCCCN(C)c5ccccn5)CC4)C3)c12. The number of nitrogens with zero attached hydrogens (tertiary/aromatic N) is 9. The molecule has 2 aromatic heterocycles. The molecule has 0 radical (unpaired) electrons. The Balaban J connectivity index is 1.03. The molecule has 0 aliphatic carbocycles. The number of hydrogen-bond acceptors (Lipinski definition) is 10. The Hall–Kier alpha value is -4.53. The van der Waals surface area contributed by atoms with Crippen molar-refractivity contribution in [2.24, 2.45) is 9.98 Å². The van der Waals surface area contributed by atoms with Gasteiger partial charge in [0.15, 0.2) is 0 Å². The molecule has 0 spiro atoms. The lowest BCUT2D eigenvalue weighted by molar-refractivity contribution is 0.187. The molecule has 2 fully saturated rings. The van der Waals surface area contributed by atoms with Gasteiger partial charge in [0, 0.05) is 62.1 Å². The van der Waals surface area contributed by atoms with Crippen molar-refractivity contribution in [3.05, 3.63) is 77.6 Å². The third-order valence-electron chi connectivity index (χ3n) is 10.4. The maximum absolute atomic E-state index is 6.38. The minimum absolute atomic E-state index is 0.229. The van der Waals surface area contributed by atoms with Gasteiger partial charge >= 0.3 is 6.01 Å². The summed E-state index contributed by atoms with van der Waals surface area (Å²) in [4.78, 5) is 33.2. The first kappa shape index (κ1) is 33.0. The van der Waals surface area contributed by atoms with Crippen LogP contribution in [0.25, 0.3) is 10.8 Å². The Kier molecular flexibility index (Phi) is 10.3. The van der Waals surface area contributed by atoms with Crippen LogP contribution in [0, 0.1) is 6.92 Å². The van der Waals surface area contributed by atoms with Gasteiger partial charge in [-0.2, -0.15) is 9.97 Å². The number of aliphatic imine (C=N–C) groups is 2. The fourth-order valence-electron chi connectivity index (χ4n) is 7.51. The second-order valence-corrected chi connectivity index (χ2v) is 13.8. The first-order chi connectivity index (χ1) is 24.0. The Morgan fingerprint density at radius 2 is 1.82 bits per heavy atom. The quantitative estimate of drug-likeness (QED) is 0.142. The van der Waals surface area contributed by atoms with Crippen molar-refractivity contribution in [3.63, 3.8) is 0 Å². The summed E-state index contributed by atoms with van der Waals surface area (Å²) < 4.78 is 6.38. The predicted octanol–water partition coefficient (Wildman–Crippen LogP) is 6.04. The van der Waals surface area contributed by atoms with Crippen LogP contribution in [0.1, 0.15) is 48.9 Å². The van der Waals surface area contributed by atoms with Gasteiger partial charge in [-0.05, 0) is 88.2 Å². The van der Waals surface area contributed by atoms with Crippen LogP contribution in [0.2, 0.25) is 0 Å². The largest absolute Gasteiger partial charge is 0.462 e. The number of pyridine rings is 1. The average molecular weight is 660 g/mol. The molecule has 0 bridgehead atoms. The standard InChI is InChI=1S/C39H49N9O/c1-29-10-6-11-30-12-7-14-35(37(29)30)48-25-18-33-34(26-48)43-39(49-27-32-13-8-21-45(32)2)44-38(33)47-23-16-31(17-24-47)42-28-40-19-9-22-46(3)36-15-4-5-20-41-36/h4-7,10-12,14-15,20,31-32H,8-9,13,16-19,21-27H2,1-3H3. The first-order valence-corrected chi connectivity index (χ1v) is 18.0. The molecule has 4 aromatic rings. The van der Waals surface area contributed by atoms with Crippen LogP contribution < -0.4 is 19.4 Å². The predicted molar refractivity (Wildman–Crippen MR) is 199 cm³/mol. The monoisotopic (exact) mass is 659 g/mol. The van der Waals surface area contributed by atoms with E-state index in [1.807, 2.05) is 24.4 Å². The number of ether oxygens (including phenoxy) is 1. The maximum Gasteiger partial charge on any atom is 0.318 e. The van der Waals surface area contributed by atoms with Gasteiger partial charge < -0.3 is 24.3 Å². The molecule has 0 N–H and O–H groups in total. The lowest BCUT2D eigenvalue weighted by atomic mass is 9.99. The highest BCUT2D eigenvalue weighted by Crippen LogP contribution is 2.36. The molecule has 10 heteroatoms. The van der Waals surface area contributed by atoms with E-state index in [0.29, 0.717) is 25.2 Å². The van der Waals surface area contributed by atoms with E-state index < -0.39 is 0 Å². The second kappa shape index (κ2) is 15.3. The second-order valence-electron chi connectivity index (χ2n) is 13.8. The summed E-state index contributed by atoms with van der Waals surface area (Å²) in [5.74, 6) is 2.02. The summed E-state index contributed by atoms with van der Waals surface area (Å²) in [7, 11) is 4.25. The zero-order chi connectivity index (χ0) is 33.6. The zero-order valence-corrected chi connectivity index (χ0v) is 29.3. The highest BCUT2D eigenvalue weighted by molar-refractivity contribution is 5.97. The average Bonchev–Trinajstić information content (AvgIpc) is 3.56. The number of anilines is 3. The van der Waals surface area contributed by atoms with Gasteiger partial charge in [0.05, 0.1) is 30.8 Å². The lowest BCUT2D eigenvalue weighted by Gasteiger charge is -2.36. The number of aromatic nitrogens is 3. The molecular formula is C39H49N9O. The number of benzene rings is 2. The molecule has 10 nitrogen and oxygen atoms in total. The van der Waals surface area contributed by atoms with Gasteiger partial charge in [-0.3, -0.25) is 0 Å². The van der Waals surface area contributed by atoms with Gasteiger partial charge in [0.1, 0.15) is 18.2 Å². The van der Waals surface area contributed by atoms with E-state index in [4.69, 9.17) is 19.7 Å². The van der Waals surface area contributed by atoms with Gasteiger partial charge in [-0.1, -0.05) is 36.4 Å². The molecule has 3 aliphatic heterocycles. The Morgan fingerprint density at radius 3 is 2.61 bits per heavy atom. The molecule has 1 unspecified atom stereocenters. The lowest BCUT2D eigenvalue weighted by Crippen LogP contribution is -2.39. The number of likely N-dealkylation sites (tertiary alicyclic amines) is 1. The fraction of sp³-hybridized carbons (Fsp3) is 0.487.